The first-order valence-electron chi connectivity index (χ1n) is 5.89. The molecule has 2 amide bonds. The Hall–Kier alpha value is -1.69. The number of benzene rings is 1. The number of thioether (sulfide) groups is 1. The second-order valence-electron chi connectivity index (χ2n) is 4.11. The van der Waals surface area contributed by atoms with Crippen LogP contribution in [0.3, 0.4) is 0 Å². The minimum Gasteiger partial charge on any atom is -0.478 e. The van der Waals surface area contributed by atoms with Gasteiger partial charge in [0.25, 0.3) is 0 Å². The van der Waals surface area contributed by atoms with Crippen molar-refractivity contribution < 1.29 is 14.7 Å². The van der Waals surface area contributed by atoms with Crippen molar-refractivity contribution in [2.24, 2.45) is 0 Å². The fourth-order valence-electron chi connectivity index (χ4n) is 1.33. The third kappa shape index (κ3) is 5.65. The lowest BCUT2D eigenvalue weighted by Gasteiger charge is -2.11. The van der Waals surface area contributed by atoms with Crippen LogP contribution in [0.4, 0.5) is 4.79 Å². The third-order valence-corrected chi connectivity index (χ3v) is 3.58. The van der Waals surface area contributed by atoms with Gasteiger partial charge in [0.1, 0.15) is 0 Å². The number of aromatic carboxylic acids is 1. The Morgan fingerprint density at radius 1 is 1.26 bits per heavy atom. The van der Waals surface area contributed by atoms with Crippen LogP contribution in [0, 0.1) is 0 Å². The van der Waals surface area contributed by atoms with Gasteiger partial charge >= 0.3 is 12.0 Å². The summed E-state index contributed by atoms with van der Waals surface area (Å²) in [6, 6.07) is 6.20. The highest BCUT2D eigenvalue weighted by Crippen LogP contribution is 2.04. The van der Waals surface area contributed by atoms with E-state index in [-0.39, 0.29) is 11.6 Å². The molecule has 0 aliphatic heterocycles. The number of hydrogen-bond acceptors (Lipinski definition) is 3. The first-order valence-corrected chi connectivity index (χ1v) is 7.18. The van der Waals surface area contributed by atoms with Gasteiger partial charge in [0.05, 0.1) is 5.56 Å². The number of urea groups is 1. The Kier molecular flexibility index (Phi) is 6.21. The maximum absolute atomic E-state index is 11.5. The lowest BCUT2D eigenvalue weighted by atomic mass is 10.1. The zero-order chi connectivity index (χ0) is 14.3. The maximum Gasteiger partial charge on any atom is 0.335 e. The molecule has 1 unspecified atom stereocenters. The molecule has 0 aliphatic carbocycles. The predicted molar refractivity (Wildman–Crippen MR) is 76.6 cm³/mol. The molecule has 0 bridgehead atoms. The molecule has 104 valence electrons. The lowest BCUT2D eigenvalue weighted by molar-refractivity contribution is 0.0697. The zero-order valence-corrected chi connectivity index (χ0v) is 11.8. The molecule has 0 saturated heterocycles. The van der Waals surface area contributed by atoms with Crippen molar-refractivity contribution in [2.45, 2.75) is 18.7 Å². The van der Waals surface area contributed by atoms with Gasteiger partial charge in [-0.25, -0.2) is 9.59 Å². The van der Waals surface area contributed by atoms with Crippen LogP contribution >= 0.6 is 11.8 Å². The summed E-state index contributed by atoms with van der Waals surface area (Å²) in [5.41, 5.74) is 1.10. The Morgan fingerprint density at radius 2 is 1.89 bits per heavy atom. The molecular weight excluding hydrogens is 264 g/mol. The number of carbonyl (C=O) groups excluding carboxylic acids is 1. The summed E-state index contributed by atoms with van der Waals surface area (Å²) in [7, 11) is 0. The maximum atomic E-state index is 11.5. The smallest absolute Gasteiger partial charge is 0.335 e. The summed E-state index contributed by atoms with van der Waals surface area (Å²) in [5.74, 6) is -0.955. The summed E-state index contributed by atoms with van der Waals surface area (Å²) in [6.07, 6.45) is 1.99. The molecule has 1 aromatic rings. The highest BCUT2D eigenvalue weighted by atomic mass is 32.2. The first-order chi connectivity index (χ1) is 9.02. The van der Waals surface area contributed by atoms with Crippen LogP contribution in [0.25, 0.3) is 0 Å². The Labute approximate surface area is 116 Å². The number of rotatable bonds is 6. The summed E-state index contributed by atoms with van der Waals surface area (Å²) in [4.78, 5) is 22.2. The van der Waals surface area contributed by atoms with Crippen LogP contribution in [-0.4, -0.2) is 35.2 Å². The van der Waals surface area contributed by atoms with Gasteiger partial charge in [-0.2, -0.15) is 11.8 Å². The summed E-state index contributed by atoms with van der Waals surface area (Å²) >= 11 is 1.69. The molecule has 5 nitrogen and oxygen atoms in total. The SMILES string of the molecule is CSC(C)CNC(=O)NCc1ccc(C(=O)O)cc1. The van der Waals surface area contributed by atoms with E-state index in [0.29, 0.717) is 18.3 Å². The van der Waals surface area contributed by atoms with Gasteiger partial charge in [-0.15, -0.1) is 0 Å². The highest BCUT2D eigenvalue weighted by molar-refractivity contribution is 7.99. The van der Waals surface area contributed by atoms with Crippen LogP contribution in [-0.2, 0) is 6.54 Å². The molecule has 0 fully saturated rings. The van der Waals surface area contributed by atoms with Gasteiger partial charge in [0.15, 0.2) is 0 Å². The van der Waals surface area contributed by atoms with E-state index in [1.165, 1.54) is 12.1 Å². The van der Waals surface area contributed by atoms with E-state index < -0.39 is 5.97 Å². The third-order valence-electron chi connectivity index (χ3n) is 2.61. The minimum absolute atomic E-state index is 0.219. The molecule has 1 atom stereocenters. The van der Waals surface area contributed by atoms with Gasteiger partial charge in [-0.05, 0) is 24.0 Å². The number of nitrogens with one attached hydrogen (secondary N) is 2. The van der Waals surface area contributed by atoms with Crippen LogP contribution in [0.1, 0.15) is 22.8 Å². The average Bonchev–Trinajstić information content (AvgIpc) is 2.42. The Morgan fingerprint density at radius 3 is 2.42 bits per heavy atom. The molecule has 19 heavy (non-hydrogen) atoms. The number of amides is 2. The van der Waals surface area contributed by atoms with Crippen molar-refractivity contribution in [3.8, 4) is 0 Å². The quantitative estimate of drug-likeness (QED) is 0.745. The minimum atomic E-state index is -0.955. The number of carbonyl (C=O) groups is 2. The topological polar surface area (TPSA) is 78.4 Å². The van der Waals surface area contributed by atoms with Gasteiger partial charge in [-0.3, -0.25) is 0 Å². The van der Waals surface area contributed by atoms with Crippen molar-refractivity contribution >= 4 is 23.8 Å². The molecule has 0 saturated carbocycles. The van der Waals surface area contributed by atoms with E-state index in [1.807, 2.05) is 13.2 Å². The van der Waals surface area contributed by atoms with E-state index in [9.17, 15) is 9.59 Å². The van der Waals surface area contributed by atoms with Crippen molar-refractivity contribution in [3.05, 3.63) is 35.4 Å². The molecule has 0 aliphatic rings. The highest BCUT2D eigenvalue weighted by Gasteiger charge is 2.05. The molecule has 0 aromatic heterocycles. The van der Waals surface area contributed by atoms with E-state index in [0.717, 1.165) is 5.56 Å². The molecule has 1 aromatic carbocycles. The standard InChI is InChI=1S/C13H18N2O3S/c1-9(19-2)7-14-13(18)15-8-10-3-5-11(6-4-10)12(16)17/h3-6,9H,7-8H2,1-2H3,(H,16,17)(H2,14,15,18). The Bertz CT molecular complexity index is 434. The van der Waals surface area contributed by atoms with Crippen molar-refractivity contribution in [1.82, 2.24) is 10.6 Å². The number of carboxylic acid groups (broad SMARTS) is 1. The summed E-state index contributed by atoms with van der Waals surface area (Å²) in [6.45, 7) is 3.03. The Balaban J connectivity index is 2.35. The lowest BCUT2D eigenvalue weighted by Crippen LogP contribution is -2.38. The monoisotopic (exact) mass is 282 g/mol. The number of carboxylic acids is 1. The van der Waals surface area contributed by atoms with Crippen molar-refractivity contribution in [2.75, 3.05) is 12.8 Å². The molecule has 0 radical (unpaired) electrons. The fraction of sp³-hybridized carbons (Fsp3) is 0.385. The molecule has 0 spiro atoms. The van der Waals surface area contributed by atoms with Crippen LogP contribution in [0.15, 0.2) is 24.3 Å². The van der Waals surface area contributed by atoms with Gasteiger partial charge in [-0.1, -0.05) is 19.1 Å². The van der Waals surface area contributed by atoms with Crippen LogP contribution in [0.2, 0.25) is 0 Å². The second kappa shape index (κ2) is 7.68. The zero-order valence-electron chi connectivity index (χ0n) is 11.0. The average molecular weight is 282 g/mol. The van der Waals surface area contributed by atoms with Crippen molar-refractivity contribution in [3.63, 3.8) is 0 Å². The molecule has 1 rings (SSSR count). The summed E-state index contributed by atoms with van der Waals surface area (Å²) < 4.78 is 0. The van der Waals surface area contributed by atoms with E-state index in [4.69, 9.17) is 5.11 Å². The fourth-order valence-corrected chi connectivity index (χ4v) is 1.58. The van der Waals surface area contributed by atoms with Crippen LogP contribution in [0.5, 0.6) is 0 Å². The van der Waals surface area contributed by atoms with Gasteiger partial charge in [0.2, 0.25) is 0 Å². The van der Waals surface area contributed by atoms with E-state index in [2.05, 4.69) is 10.6 Å². The van der Waals surface area contributed by atoms with E-state index in [1.54, 1.807) is 23.9 Å². The predicted octanol–water partition coefficient (Wildman–Crippen LogP) is 1.94. The van der Waals surface area contributed by atoms with E-state index >= 15 is 0 Å². The van der Waals surface area contributed by atoms with Gasteiger partial charge in [0, 0.05) is 18.3 Å². The first kappa shape index (κ1) is 15.4. The number of hydrogen-bond donors (Lipinski definition) is 3. The molecule has 3 N–H and O–H groups in total. The normalized spacial score (nSPS) is 11.7. The summed E-state index contributed by atoms with van der Waals surface area (Å²) in [5, 5.41) is 14.6. The van der Waals surface area contributed by atoms with Crippen LogP contribution < -0.4 is 10.6 Å². The molecule has 0 heterocycles. The molecular formula is C13H18N2O3S. The second-order valence-corrected chi connectivity index (χ2v) is 5.39. The van der Waals surface area contributed by atoms with Crippen molar-refractivity contribution in [1.29, 1.82) is 0 Å². The largest absolute Gasteiger partial charge is 0.478 e. The molecule has 6 heteroatoms. The van der Waals surface area contributed by atoms with Gasteiger partial charge < -0.3 is 15.7 Å².